The summed E-state index contributed by atoms with van der Waals surface area (Å²) in [7, 11) is 0. The number of carbonyl (C=O) groups is 2. The summed E-state index contributed by atoms with van der Waals surface area (Å²) in [4.78, 5) is 26.1. The fourth-order valence-corrected chi connectivity index (χ4v) is 3.24. The second-order valence-electron chi connectivity index (χ2n) is 5.46. The monoisotopic (exact) mass is 258 g/mol. The fourth-order valence-electron chi connectivity index (χ4n) is 3.24. The van der Waals surface area contributed by atoms with Gasteiger partial charge in [-0.05, 0) is 24.5 Å². The number of likely N-dealkylation sites (tertiary alicyclic amines) is 1. The largest absolute Gasteiger partial charge is 0.398 e. The molecule has 2 unspecified atom stereocenters. The Morgan fingerprint density at radius 2 is 1.63 bits per heavy atom. The predicted molar refractivity (Wildman–Crippen MR) is 71.9 cm³/mol. The van der Waals surface area contributed by atoms with Gasteiger partial charge in [-0.15, -0.1) is 0 Å². The number of nitrogens with zero attached hydrogens (tertiary/aromatic N) is 1. The molecule has 4 nitrogen and oxygen atoms in total. The Hall–Kier alpha value is -1.84. The van der Waals surface area contributed by atoms with Gasteiger partial charge in [0, 0.05) is 5.69 Å². The second-order valence-corrected chi connectivity index (χ2v) is 5.46. The Morgan fingerprint density at radius 1 is 1.05 bits per heavy atom. The third-order valence-corrected chi connectivity index (χ3v) is 4.32. The van der Waals surface area contributed by atoms with E-state index in [1.54, 1.807) is 6.07 Å². The van der Waals surface area contributed by atoms with Gasteiger partial charge in [0.1, 0.15) is 0 Å². The highest BCUT2D eigenvalue weighted by atomic mass is 16.2. The standard InChI is InChI=1S/C15H18N2O2/c16-13-8-4-1-5-10(13)9-17-14(18)11-6-2-3-7-12(11)15(17)19/h1,4-5,8,11-12H,2-3,6-7,9,16H2. The lowest BCUT2D eigenvalue weighted by Crippen LogP contribution is -2.30. The van der Waals surface area contributed by atoms with Crippen LogP contribution in [0.3, 0.4) is 0 Å². The van der Waals surface area contributed by atoms with Crippen LogP contribution >= 0.6 is 0 Å². The molecule has 2 N–H and O–H groups in total. The topological polar surface area (TPSA) is 63.4 Å². The van der Waals surface area contributed by atoms with Crippen LogP contribution in [0.5, 0.6) is 0 Å². The summed E-state index contributed by atoms with van der Waals surface area (Å²) in [6.07, 6.45) is 3.83. The second kappa shape index (κ2) is 4.68. The van der Waals surface area contributed by atoms with Gasteiger partial charge >= 0.3 is 0 Å². The maximum absolute atomic E-state index is 12.3. The molecule has 1 aromatic carbocycles. The summed E-state index contributed by atoms with van der Waals surface area (Å²) in [6.45, 7) is 0.317. The molecule has 4 heteroatoms. The first kappa shape index (κ1) is 12.2. The molecule has 19 heavy (non-hydrogen) atoms. The minimum Gasteiger partial charge on any atom is -0.398 e. The lowest BCUT2D eigenvalue weighted by molar-refractivity contribution is -0.140. The zero-order valence-corrected chi connectivity index (χ0v) is 10.8. The van der Waals surface area contributed by atoms with Crippen LogP contribution < -0.4 is 5.73 Å². The van der Waals surface area contributed by atoms with Crippen molar-refractivity contribution in [3.05, 3.63) is 29.8 Å². The van der Waals surface area contributed by atoms with E-state index in [0.29, 0.717) is 12.2 Å². The number of imide groups is 1. The van der Waals surface area contributed by atoms with Gasteiger partial charge < -0.3 is 5.73 Å². The quantitative estimate of drug-likeness (QED) is 0.651. The van der Waals surface area contributed by atoms with Gasteiger partial charge in [0.15, 0.2) is 0 Å². The van der Waals surface area contributed by atoms with Crippen LogP contribution in [0.4, 0.5) is 5.69 Å². The predicted octanol–water partition coefficient (Wildman–Crippen LogP) is 1.94. The average molecular weight is 258 g/mol. The Kier molecular flexibility index (Phi) is 3.01. The van der Waals surface area contributed by atoms with Crippen molar-refractivity contribution in [1.29, 1.82) is 0 Å². The molecule has 3 rings (SSSR count). The number of nitrogen functional groups attached to an aromatic ring is 1. The summed E-state index contributed by atoms with van der Waals surface area (Å²) < 4.78 is 0. The van der Waals surface area contributed by atoms with E-state index in [-0.39, 0.29) is 23.7 Å². The molecule has 2 aliphatic rings. The van der Waals surface area contributed by atoms with Gasteiger partial charge in [-0.2, -0.15) is 0 Å². The molecule has 0 radical (unpaired) electrons. The van der Waals surface area contributed by atoms with E-state index in [9.17, 15) is 9.59 Å². The normalized spacial score (nSPS) is 26.6. The van der Waals surface area contributed by atoms with E-state index in [2.05, 4.69) is 0 Å². The number of hydrogen-bond donors (Lipinski definition) is 1. The lowest BCUT2D eigenvalue weighted by Gasteiger charge is -2.19. The van der Waals surface area contributed by atoms with Gasteiger partial charge in [-0.25, -0.2) is 0 Å². The van der Waals surface area contributed by atoms with Crippen LogP contribution in [-0.4, -0.2) is 16.7 Å². The van der Waals surface area contributed by atoms with Crippen LogP contribution in [0.25, 0.3) is 0 Å². The zero-order valence-electron chi connectivity index (χ0n) is 10.8. The van der Waals surface area contributed by atoms with Crippen molar-refractivity contribution >= 4 is 17.5 Å². The number of anilines is 1. The maximum atomic E-state index is 12.3. The maximum Gasteiger partial charge on any atom is 0.233 e. The number of hydrogen-bond acceptors (Lipinski definition) is 3. The lowest BCUT2D eigenvalue weighted by atomic mass is 9.81. The number of rotatable bonds is 2. The molecule has 0 bridgehead atoms. The molecule has 100 valence electrons. The fraction of sp³-hybridized carbons (Fsp3) is 0.467. The van der Waals surface area contributed by atoms with E-state index in [0.717, 1.165) is 31.2 Å². The molecule has 1 aromatic rings. The Balaban J connectivity index is 1.83. The summed E-state index contributed by atoms with van der Waals surface area (Å²) in [5, 5.41) is 0. The van der Waals surface area contributed by atoms with Crippen molar-refractivity contribution in [2.45, 2.75) is 32.2 Å². The van der Waals surface area contributed by atoms with E-state index >= 15 is 0 Å². The summed E-state index contributed by atoms with van der Waals surface area (Å²) in [5.74, 6) is -0.159. The average Bonchev–Trinajstić information content (AvgIpc) is 2.67. The third kappa shape index (κ3) is 2.01. The third-order valence-electron chi connectivity index (χ3n) is 4.32. The highest BCUT2D eigenvalue weighted by Gasteiger charge is 2.47. The van der Waals surface area contributed by atoms with E-state index in [1.165, 1.54) is 4.90 Å². The number of carbonyl (C=O) groups excluding carboxylic acids is 2. The van der Waals surface area contributed by atoms with Gasteiger partial charge in [0.05, 0.1) is 18.4 Å². The van der Waals surface area contributed by atoms with Gasteiger partial charge in [0.25, 0.3) is 0 Å². The van der Waals surface area contributed by atoms with E-state index in [4.69, 9.17) is 5.73 Å². The van der Waals surface area contributed by atoms with Crippen LogP contribution in [0.2, 0.25) is 0 Å². The number of benzene rings is 1. The molecule has 1 saturated carbocycles. The molecule has 0 aromatic heterocycles. The Bertz CT molecular complexity index is 503. The van der Waals surface area contributed by atoms with Crippen LogP contribution in [-0.2, 0) is 16.1 Å². The van der Waals surface area contributed by atoms with Crippen molar-refractivity contribution in [3.63, 3.8) is 0 Å². The summed E-state index contributed by atoms with van der Waals surface area (Å²) in [6, 6.07) is 7.40. The molecule has 1 aliphatic carbocycles. The SMILES string of the molecule is Nc1ccccc1CN1C(=O)C2CCCCC2C1=O. The number of fused-ring (bicyclic) bond motifs is 1. The molecule has 2 amide bonds. The zero-order chi connectivity index (χ0) is 13.4. The molecule has 1 saturated heterocycles. The molecule has 1 heterocycles. The van der Waals surface area contributed by atoms with Crippen molar-refractivity contribution < 1.29 is 9.59 Å². The van der Waals surface area contributed by atoms with Crippen molar-refractivity contribution in [1.82, 2.24) is 4.90 Å². The highest BCUT2D eigenvalue weighted by Crippen LogP contribution is 2.38. The van der Waals surface area contributed by atoms with E-state index < -0.39 is 0 Å². The van der Waals surface area contributed by atoms with Crippen molar-refractivity contribution in [2.24, 2.45) is 11.8 Å². The minimum atomic E-state index is -0.0776. The van der Waals surface area contributed by atoms with Crippen LogP contribution in [0.15, 0.2) is 24.3 Å². The smallest absolute Gasteiger partial charge is 0.233 e. The highest BCUT2D eigenvalue weighted by molar-refractivity contribution is 6.05. The van der Waals surface area contributed by atoms with Crippen molar-refractivity contribution in [2.75, 3.05) is 5.73 Å². The Morgan fingerprint density at radius 3 is 2.21 bits per heavy atom. The molecule has 0 spiro atoms. The van der Waals surface area contributed by atoms with Crippen LogP contribution in [0, 0.1) is 11.8 Å². The number of nitrogens with two attached hydrogens (primary N) is 1. The minimum absolute atomic E-state index is 0.00190. The molecular weight excluding hydrogens is 240 g/mol. The van der Waals surface area contributed by atoms with E-state index in [1.807, 2.05) is 18.2 Å². The summed E-state index contributed by atoms with van der Waals surface area (Å²) in [5.41, 5.74) is 7.37. The first-order chi connectivity index (χ1) is 9.18. The van der Waals surface area contributed by atoms with Gasteiger partial charge in [-0.3, -0.25) is 14.5 Å². The molecule has 2 atom stereocenters. The molecular formula is C15H18N2O2. The van der Waals surface area contributed by atoms with Gasteiger partial charge in [-0.1, -0.05) is 31.0 Å². The van der Waals surface area contributed by atoms with Crippen molar-refractivity contribution in [3.8, 4) is 0 Å². The summed E-state index contributed by atoms with van der Waals surface area (Å²) >= 11 is 0. The number of amides is 2. The van der Waals surface area contributed by atoms with Crippen LogP contribution in [0.1, 0.15) is 31.2 Å². The molecule has 2 fully saturated rings. The first-order valence-electron chi connectivity index (χ1n) is 6.87. The van der Waals surface area contributed by atoms with Gasteiger partial charge in [0.2, 0.25) is 11.8 Å². The Labute approximate surface area is 112 Å². The number of para-hydroxylation sites is 1. The molecule has 1 aliphatic heterocycles. The first-order valence-corrected chi connectivity index (χ1v) is 6.87.